The van der Waals surface area contributed by atoms with Gasteiger partial charge >= 0.3 is 0 Å². The molecule has 5 rings (SSSR count). The number of fused-ring (bicyclic) bond motifs is 1. The number of halogens is 1. The van der Waals surface area contributed by atoms with Gasteiger partial charge in [0.05, 0.1) is 16.6 Å². The van der Waals surface area contributed by atoms with Crippen molar-refractivity contribution >= 4 is 22.7 Å². The molecule has 0 radical (unpaired) electrons. The molecule has 1 aromatic carbocycles. The van der Waals surface area contributed by atoms with Gasteiger partial charge in [0.1, 0.15) is 5.82 Å². The van der Waals surface area contributed by atoms with Gasteiger partial charge in [0.15, 0.2) is 0 Å². The summed E-state index contributed by atoms with van der Waals surface area (Å²) in [6.45, 7) is 5.58. The van der Waals surface area contributed by atoms with E-state index in [2.05, 4.69) is 4.98 Å². The summed E-state index contributed by atoms with van der Waals surface area (Å²) in [6, 6.07) is 6.32. The van der Waals surface area contributed by atoms with Crippen LogP contribution < -0.4 is 0 Å². The predicted octanol–water partition coefficient (Wildman–Crippen LogP) is 3.72. The smallest absolute Gasteiger partial charge is 0.255 e. The van der Waals surface area contributed by atoms with Crippen molar-refractivity contribution in [1.29, 1.82) is 0 Å². The van der Waals surface area contributed by atoms with E-state index < -0.39 is 5.54 Å². The zero-order valence-corrected chi connectivity index (χ0v) is 16.9. The molecule has 2 heterocycles. The van der Waals surface area contributed by atoms with Crippen molar-refractivity contribution in [2.24, 2.45) is 5.92 Å². The average molecular weight is 395 g/mol. The van der Waals surface area contributed by atoms with E-state index >= 15 is 0 Å². The number of piperazine rings is 1. The average Bonchev–Trinajstić information content (AvgIpc) is 3.57. The lowest BCUT2D eigenvalue weighted by molar-refractivity contribution is -0.136. The summed E-state index contributed by atoms with van der Waals surface area (Å²) in [6.07, 6.45) is 4.13. The Balaban J connectivity index is 1.49. The molecule has 29 heavy (non-hydrogen) atoms. The molecule has 3 aliphatic rings. The molecular formula is C23H26FN3O2. The van der Waals surface area contributed by atoms with Crippen molar-refractivity contribution in [3.05, 3.63) is 41.3 Å². The van der Waals surface area contributed by atoms with E-state index in [9.17, 15) is 14.0 Å². The van der Waals surface area contributed by atoms with Gasteiger partial charge in [0.2, 0.25) is 5.91 Å². The van der Waals surface area contributed by atoms with E-state index in [1.807, 2.05) is 29.7 Å². The Morgan fingerprint density at radius 3 is 2.52 bits per heavy atom. The Hall–Kier alpha value is -2.50. The first-order valence-corrected chi connectivity index (χ1v) is 10.5. The molecule has 0 N–H and O–H groups in total. The summed E-state index contributed by atoms with van der Waals surface area (Å²) in [7, 11) is 0. The van der Waals surface area contributed by atoms with Crippen LogP contribution in [0.1, 0.15) is 61.5 Å². The Morgan fingerprint density at radius 1 is 1.10 bits per heavy atom. The number of hydrogen-bond donors (Lipinski definition) is 0. The van der Waals surface area contributed by atoms with Crippen molar-refractivity contribution in [3.8, 4) is 0 Å². The molecule has 2 saturated carbocycles. The van der Waals surface area contributed by atoms with E-state index in [0.717, 1.165) is 31.4 Å². The van der Waals surface area contributed by atoms with Gasteiger partial charge in [-0.05, 0) is 63.8 Å². The van der Waals surface area contributed by atoms with Gasteiger partial charge in [-0.25, -0.2) is 4.39 Å². The van der Waals surface area contributed by atoms with Crippen LogP contribution in [0.15, 0.2) is 24.3 Å². The molecule has 3 fully saturated rings. The molecule has 152 valence electrons. The molecule has 2 aromatic rings. The quantitative estimate of drug-likeness (QED) is 0.796. The standard InChI is InChI=1S/C23H26FN3O2/c1-23(2)13-26(21(28)15-5-6-15)9-10-27(23)22(29)18-12-20(14-3-4-14)25-19-8-7-16(24)11-17(18)19/h7-8,11-12,14-15H,3-6,9-10,13H2,1-2H3. The van der Waals surface area contributed by atoms with Crippen LogP contribution in [-0.2, 0) is 4.79 Å². The second-order valence-corrected chi connectivity index (χ2v) is 9.33. The highest BCUT2D eigenvalue weighted by Crippen LogP contribution is 2.41. The van der Waals surface area contributed by atoms with Crippen LogP contribution in [0.4, 0.5) is 4.39 Å². The second kappa shape index (κ2) is 6.51. The largest absolute Gasteiger partial charge is 0.338 e. The van der Waals surface area contributed by atoms with Crippen LogP contribution in [-0.4, -0.2) is 51.8 Å². The van der Waals surface area contributed by atoms with Crippen molar-refractivity contribution in [2.75, 3.05) is 19.6 Å². The Morgan fingerprint density at radius 2 is 1.86 bits per heavy atom. The molecule has 0 spiro atoms. The molecule has 1 saturated heterocycles. The van der Waals surface area contributed by atoms with Gasteiger partial charge in [-0.15, -0.1) is 0 Å². The summed E-state index contributed by atoms with van der Waals surface area (Å²) in [5.74, 6) is 0.330. The highest BCUT2D eigenvalue weighted by molar-refractivity contribution is 6.06. The van der Waals surface area contributed by atoms with Gasteiger partial charge < -0.3 is 9.80 Å². The molecule has 2 aliphatic carbocycles. The minimum atomic E-state index is -0.484. The lowest BCUT2D eigenvalue weighted by Gasteiger charge is -2.47. The van der Waals surface area contributed by atoms with Crippen molar-refractivity contribution in [2.45, 2.75) is 51.0 Å². The number of carbonyl (C=O) groups excluding carboxylic acids is 2. The maximum atomic E-state index is 14.0. The van der Waals surface area contributed by atoms with Crippen LogP contribution in [0.3, 0.4) is 0 Å². The SMILES string of the molecule is CC1(C)CN(C(=O)C2CC2)CCN1C(=O)c1cc(C2CC2)nc2ccc(F)cc12. The molecule has 1 aromatic heterocycles. The number of hydrogen-bond acceptors (Lipinski definition) is 3. The van der Waals surface area contributed by atoms with Crippen LogP contribution in [0.5, 0.6) is 0 Å². The maximum absolute atomic E-state index is 14.0. The summed E-state index contributed by atoms with van der Waals surface area (Å²) >= 11 is 0. The minimum absolute atomic E-state index is 0.103. The minimum Gasteiger partial charge on any atom is -0.338 e. The van der Waals surface area contributed by atoms with E-state index in [1.165, 1.54) is 12.1 Å². The van der Waals surface area contributed by atoms with Gasteiger partial charge in [-0.2, -0.15) is 0 Å². The molecule has 2 amide bonds. The van der Waals surface area contributed by atoms with E-state index in [1.54, 1.807) is 6.07 Å². The molecular weight excluding hydrogens is 369 g/mol. The fourth-order valence-electron chi connectivity index (χ4n) is 4.44. The first-order chi connectivity index (χ1) is 13.8. The van der Waals surface area contributed by atoms with Crippen LogP contribution in [0.2, 0.25) is 0 Å². The molecule has 6 heteroatoms. The van der Waals surface area contributed by atoms with Gasteiger partial charge in [-0.3, -0.25) is 14.6 Å². The number of carbonyl (C=O) groups is 2. The van der Waals surface area contributed by atoms with Crippen LogP contribution >= 0.6 is 0 Å². The summed E-state index contributed by atoms with van der Waals surface area (Å²) in [4.78, 5) is 34.6. The summed E-state index contributed by atoms with van der Waals surface area (Å²) in [5, 5.41) is 0.562. The zero-order valence-electron chi connectivity index (χ0n) is 16.9. The van der Waals surface area contributed by atoms with Crippen LogP contribution in [0, 0.1) is 11.7 Å². The normalized spacial score (nSPS) is 21.5. The summed E-state index contributed by atoms with van der Waals surface area (Å²) < 4.78 is 14.0. The number of benzene rings is 1. The van der Waals surface area contributed by atoms with Gasteiger partial charge in [0.25, 0.3) is 5.91 Å². The van der Waals surface area contributed by atoms with Crippen molar-refractivity contribution in [3.63, 3.8) is 0 Å². The van der Waals surface area contributed by atoms with Crippen molar-refractivity contribution in [1.82, 2.24) is 14.8 Å². The molecule has 0 bridgehead atoms. The Labute approximate surface area is 169 Å². The molecule has 0 atom stereocenters. The highest BCUT2D eigenvalue weighted by Gasteiger charge is 2.42. The second-order valence-electron chi connectivity index (χ2n) is 9.33. The fourth-order valence-corrected chi connectivity index (χ4v) is 4.44. The zero-order chi connectivity index (χ0) is 20.3. The highest BCUT2D eigenvalue weighted by atomic mass is 19.1. The van der Waals surface area contributed by atoms with Crippen molar-refractivity contribution < 1.29 is 14.0 Å². The molecule has 1 aliphatic heterocycles. The Bertz CT molecular complexity index is 1010. The number of amides is 2. The lowest BCUT2D eigenvalue weighted by atomic mass is 9.95. The number of pyridine rings is 1. The Kier molecular flexibility index (Phi) is 4.16. The molecule has 5 nitrogen and oxygen atoms in total. The summed E-state index contributed by atoms with van der Waals surface area (Å²) in [5.41, 5.74) is 1.63. The topological polar surface area (TPSA) is 53.5 Å². The third-order valence-electron chi connectivity index (χ3n) is 6.40. The monoisotopic (exact) mass is 395 g/mol. The first kappa shape index (κ1) is 18.5. The first-order valence-electron chi connectivity index (χ1n) is 10.5. The number of rotatable bonds is 3. The lowest BCUT2D eigenvalue weighted by Crippen LogP contribution is -2.62. The van der Waals surface area contributed by atoms with Crippen LogP contribution in [0.25, 0.3) is 10.9 Å². The third kappa shape index (κ3) is 3.38. The number of aromatic nitrogens is 1. The van der Waals surface area contributed by atoms with E-state index in [-0.39, 0.29) is 23.5 Å². The van der Waals surface area contributed by atoms with Gasteiger partial charge in [-0.1, -0.05) is 0 Å². The fraction of sp³-hybridized carbons (Fsp3) is 0.522. The third-order valence-corrected chi connectivity index (χ3v) is 6.40. The number of nitrogens with zero attached hydrogens (tertiary/aromatic N) is 3. The predicted molar refractivity (Wildman–Crippen MR) is 108 cm³/mol. The molecule has 0 unspecified atom stereocenters. The van der Waals surface area contributed by atoms with E-state index in [4.69, 9.17) is 0 Å². The van der Waals surface area contributed by atoms with Gasteiger partial charge in [0, 0.05) is 42.6 Å². The maximum Gasteiger partial charge on any atom is 0.255 e. The van der Waals surface area contributed by atoms with E-state index in [0.29, 0.717) is 42.0 Å².